The molecular weight excluding hydrogens is 223 g/mol. The molecule has 0 spiro atoms. The lowest BCUT2D eigenvalue weighted by molar-refractivity contribution is 0.302. The van der Waals surface area contributed by atoms with Crippen LogP contribution >= 0.6 is 23.2 Å². The highest BCUT2D eigenvalue weighted by Gasteiger charge is 2.57. The van der Waals surface area contributed by atoms with Crippen molar-refractivity contribution in [3.63, 3.8) is 0 Å². The fourth-order valence-corrected chi connectivity index (χ4v) is 2.58. The molecule has 1 aromatic rings. The number of epoxide rings is 1. The zero-order valence-corrected chi connectivity index (χ0v) is 9.06. The van der Waals surface area contributed by atoms with Gasteiger partial charge in [0.25, 0.3) is 0 Å². The van der Waals surface area contributed by atoms with Crippen molar-refractivity contribution in [3.05, 3.63) is 21.7 Å². The van der Waals surface area contributed by atoms with E-state index in [-0.39, 0.29) is 17.0 Å². The normalized spacial score (nSPS) is 33.5. The van der Waals surface area contributed by atoms with Gasteiger partial charge in [-0.3, -0.25) is 0 Å². The van der Waals surface area contributed by atoms with Gasteiger partial charge in [-0.05, 0) is 31.4 Å². The third-order valence-electron chi connectivity index (χ3n) is 2.96. The summed E-state index contributed by atoms with van der Waals surface area (Å²) in [6.07, 6.45) is 1.93. The van der Waals surface area contributed by atoms with Crippen molar-refractivity contribution in [1.29, 1.82) is 0 Å². The van der Waals surface area contributed by atoms with Crippen molar-refractivity contribution in [2.45, 2.75) is 31.5 Å². The molecular formula is C9H8Cl2N2O. The molecule has 74 valence electrons. The first-order valence-corrected chi connectivity index (χ1v) is 5.25. The van der Waals surface area contributed by atoms with Gasteiger partial charge in [-0.25, -0.2) is 9.97 Å². The van der Waals surface area contributed by atoms with Crippen LogP contribution < -0.4 is 0 Å². The number of hydrogen-bond donors (Lipinski definition) is 0. The highest BCUT2D eigenvalue weighted by atomic mass is 35.5. The van der Waals surface area contributed by atoms with Crippen molar-refractivity contribution < 1.29 is 4.74 Å². The van der Waals surface area contributed by atoms with Crippen LogP contribution in [0.15, 0.2) is 0 Å². The van der Waals surface area contributed by atoms with Crippen LogP contribution in [0.1, 0.15) is 30.7 Å². The summed E-state index contributed by atoms with van der Waals surface area (Å²) in [5.41, 5.74) is 1.84. The van der Waals surface area contributed by atoms with Gasteiger partial charge in [0, 0.05) is 5.56 Å². The van der Waals surface area contributed by atoms with Gasteiger partial charge in [0.15, 0.2) is 0 Å². The lowest BCUT2D eigenvalue weighted by atomic mass is 9.89. The molecule has 1 saturated heterocycles. The molecule has 2 aliphatic rings. The van der Waals surface area contributed by atoms with Gasteiger partial charge in [-0.2, -0.15) is 0 Å². The molecule has 3 nitrogen and oxygen atoms in total. The Morgan fingerprint density at radius 3 is 3.00 bits per heavy atom. The van der Waals surface area contributed by atoms with Gasteiger partial charge in [0.1, 0.15) is 11.3 Å². The zero-order chi connectivity index (χ0) is 9.92. The molecule has 1 aliphatic heterocycles. The predicted octanol–water partition coefficient (Wildman–Crippen LogP) is 2.56. The second-order valence-corrected chi connectivity index (χ2v) is 4.65. The van der Waals surface area contributed by atoms with E-state index < -0.39 is 0 Å². The molecule has 14 heavy (non-hydrogen) atoms. The fourth-order valence-electron chi connectivity index (χ4n) is 2.06. The number of hydrogen-bond acceptors (Lipinski definition) is 3. The molecule has 5 heteroatoms. The number of nitrogens with zero attached hydrogens (tertiary/aromatic N) is 2. The molecule has 0 amide bonds. The highest BCUT2D eigenvalue weighted by Crippen LogP contribution is 2.57. The maximum atomic E-state index is 6.02. The Labute approximate surface area is 91.4 Å². The van der Waals surface area contributed by atoms with E-state index in [0.29, 0.717) is 5.15 Å². The number of fused-ring (bicyclic) bond motifs is 3. The van der Waals surface area contributed by atoms with E-state index in [4.69, 9.17) is 27.9 Å². The summed E-state index contributed by atoms with van der Waals surface area (Å²) in [4.78, 5) is 8.11. The molecule has 1 aliphatic carbocycles. The standard InChI is InChI=1S/C9H8Cl2N2O/c1-9-3-2-4-5(6(9)14-9)7(10)13-8(11)12-4/h6H,2-3H2,1H3. The average Bonchev–Trinajstić information content (AvgIpc) is 2.76. The minimum atomic E-state index is -0.0339. The van der Waals surface area contributed by atoms with Crippen LogP contribution in [0.3, 0.4) is 0 Å². The van der Waals surface area contributed by atoms with Gasteiger partial charge < -0.3 is 4.74 Å². The minimum absolute atomic E-state index is 0.0339. The number of aryl methyl sites for hydroxylation is 1. The largest absolute Gasteiger partial charge is 0.361 e. The molecule has 0 saturated carbocycles. The Morgan fingerprint density at radius 2 is 2.21 bits per heavy atom. The van der Waals surface area contributed by atoms with Crippen LogP contribution in [-0.2, 0) is 11.2 Å². The smallest absolute Gasteiger partial charge is 0.224 e. The summed E-state index contributed by atoms with van der Waals surface area (Å²) in [5, 5.41) is 0.659. The summed E-state index contributed by atoms with van der Waals surface area (Å²) < 4.78 is 5.60. The van der Waals surface area contributed by atoms with E-state index in [1.807, 2.05) is 0 Å². The average molecular weight is 231 g/mol. The van der Waals surface area contributed by atoms with Crippen LogP contribution in [0.4, 0.5) is 0 Å². The molecule has 3 rings (SSSR count). The first kappa shape index (κ1) is 8.89. The summed E-state index contributed by atoms with van der Waals surface area (Å²) in [6, 6.07) is 0. The molecule has 0 radical (unpaired) electrons. The van der Waals surface area contributed by atoms with E-state index in [1.165, 1.54) is 0 Å². The van der Waals surface area contributed by atoms with Crippen LogP contribution in [0.25, 0.3) is 0 Å². The number of rotatable bonds is 0. The second kappa shape index (κ2) is 2.60. The Kier molecular flexibility index (Phi) is 1.65. The Morgan fingerprint density at radius 1 is 1.43 bits per heavy atom. The lowest BCUT2D eigenvalue weighted by Crippen LogP contribution is -2.16. The van der Waals surface area contributed by atoms with Gasteiger partial charge in [0.2, 0.25) is 5.28 Å². The molecule has 0 N–H and O–H groups in total. The van der Waals surface area contributed by atoms with Crippen molar-refractivity contribution in [2.75, 3.05) is 0 Å². The lowest BCUT2D eigenvalue weighted by Gasteiger charge is -2.16. The second-order valence-electron chi connectivity index (χ2n) is 3.95. The zero-order valence-electron chi connectivity index (χ0n) is 7.55. The maximum absolute atomic E-state index is 6.02. The van der Waals surface area contributed by atoms with Crippen molar-refractivity contribution in [2.24, 2.45) is 0 Å². The highest BCUT2D eigenvalue weighted by molar-refractivity contribution is 6.32. The van der Waals surface area contributed by atoms with Crippen molar-refractivity contribution >= 4 is 23.2 Å². The Bertz CT molecular complexity index is 424. The number of halogens is 2. The molecule has 0 bridgehead atoms. The molecule has 1 fully saturated rings. The van der Waals surface area contributed by atoms with Crippen LogP contribution in [0.5, 0.6) is 0 Å². The topological polar surface area (TPSA) is 38.3 Å². The summed E-state index contributed by atoms with van der Waals surface area (Å²) in [6.45, 7) is 2.09. The van der Waals surface area contributed by atoms with Gasteiger partial charge in [-0.15, -0.1) is 0 Å². The molecule has 2 unspecified atom stereocenters. The van der Waals surface area contributed by atoms with Gasteiger partial charge in [-0.1, -0.05) is 11.6 Å². The summed E-state index contributed by atoms with van der Waals surface area (Å²) in [5.74, 6) is 0. The Hall–Kier alpha value is -0.380. The minimum Gasteiger partial charge on any atom is -0.361 e. The fraction of sp³-hybridized carbons (Fsp3) is 0.556. The van der Waals surface area contributed by atoms with Gasteiger partial charge >= 0.3 is 0 Å². The SMILES string of the molecule is CC12CCc3nc(Cl)nc(Cl)c3C1O2. The molecule has 0 aromatic carbocycles. The van der Waals surface area contributed by atoms with Crippen LogP contribution in [0, 0.1) is 0 Å². The third kappa shape index (κ3) is 1.09. The van der Waals surface area contributed by atoms with Gasteiger partial charge in [0.05, 0.1) is 11.3 Å². The van der Waals surface area contributed by atoms with Crippen molar-refractivity contribution in [3.8, 4) is 0 Å². The molecule has 2 atom stereocenters. The van der Waals surface area contributed by atoms with E-state index >= 15 is 0 Å². The van der Waals surface area contributed by atoms with E-state index in [2.05, 4.69) is 16.9 Å². The van der Waals surface area contributed by atoms with Crippen LogP contribution in [0.2, 0.25) is 10.4 Å². The quantitative estimate of drug-likeness (QED) is 0.391. The predicted molar refractivity (Wildman–Crippen MR) is 52.6 cm³/mol. The van der Waals surface area contributed by atoms with E-state index in [9.17, 15) is 0 Å². The Balaban J connectivity index is 2.17. The third-order valence-corrected chi connectivity index (χ3v) is 3.41. The molecule has 2 heterocycles. The maximum Gasteiger partial charge on any atom is 0.224 e. The first-order valence-electron chi connectivity index (χ1n) is 4.50. The first-order chi connectivity index (χ1) is 6.60. The summed E-state index contributed by atoms with van der Waals surface area (Å²) >= 11 is 11.7. The van der Waals surface area contributed by atoms with E-state index in [0.717, 1.165) is 24.1 Å². The number of aromatic nitrogens is 2. The van der Waals surface area contributed by atoms with E-state index in [1.54, 1.807) is 0 Å². The number of ether oxygens (including phenoxy) is 1. The van der Waals surface area contributed by atoms with Crippen LogP contribution in [-0.4, -0.2) is 15.6 Å². The van der Waals surface area contributed by atoms with Crippen molar-refractivity contribution in [1.82, 2.24) is 9.97 Å². The monoisotopic (exact) mass is 230 g/mol. The summed E-state index contributed by atoms with van der Waals surface area (Å²) in [7, 11) is 0. The molecule has 1 aromatic heterocycles.